The molecule has 0 spiro atoms. The van der Waals surface area contributed by atoms with Crippen LogP contribution < -0.4 is 4.72 Å². The molecule has 5 heteroatoms. The summed E-state index contributed by atoms with van der Waals surface area (Å²) in [7, 11) is -3.63. The molecule has 3 rings (SSSR count). The Morgan fingerprint density at radius 2 is 1.68 bits per heavy atom. The lowest BCUT2D eigenvalue weighted by Gasteiger charge is -2.11. The van der Waals surface area contributed by atoms with Crippen molar-refractivity contribution < 1.29 is 8.42 Å². The second-order valence-corrected chi connectivity index (χ2v) is 7.69. The van der Waals surface area contributed by atoms with Crippen molar-refractivity contribution in [3.8, 4) is 0 Å². The lowest BCUT2D eigenvalue weighted by molar-refractivity contribution is 0.601. The highest BCUT2D eigenvalue weighted by Crippen LogP contribution is 2.27. The van der Waals surface area contributed by atoms with E-state index in [1.807, 2.05) is 49.4 Å². The van der Waals surface area contributed by atoms with Crippen molar-refractivity contribution in [2.75, 3.05) is 4.72 Å². The molecule has 0 atom stereocenters. The zero-order chi connectivity index (χ0) is 15.7. The van der Waals surface area contributed by atoms with E-state index in [1.54, 1.807) is 18.2 Å². The summed E-state index contributed by atoms with van der Waals surface area (Å²) in [4.78, 5) is 0.243. The molecule has 3 nitrogen and oxygen atoms in total. The van der Waals surface area contributed by atoms with E-state index in [9.17, 15) is 8.42 Å². The maximum atomic E-state index is 12.6. The molecule has 0 fully saturated rings. The minimum Gasteiger partial charge on any atom is -0.279 e. The lowest BCUT2D eigenvalue weighted by atomic mass is 10.1. The second-order valence-electron chi connectivity index (χ2n) is 5.10. The van der Waals surface area contributed by atoms with E-state index in [0.717, 1.165) is 20.8 Å². The summed E-state index contributed by atoms with van der Waals surface area (Å²) in [5.41, 5.74) is 1.46. The molecule has 0 aromatic heterocycles. The van der Waals surface area contributed by atoms with Gasteiger partial charge in [0.1, 0.15) is 0 Å². The predicted octanol–water partition coefficient (Wildman–Crippen LogP) is 4.71. The van der Waals surface area contributed by atoms with Crippen LogP contribution in [0.4, 0.5) is 5.69 Å². The Morgan fingerprint density at radius 1 is 0.955 bits per heavy atom. The van der Waals surface area contributed by atoms with Crippen LogP contribution in [0.15, 0.2) is 70.0 Å². The average Bonchev–Trinajstić information content (AvgIpc) is 2.46. The van der Waals surface area contributed by atoms with E-state index in [4.69, 9.17) is 0 Å². The number of sulfonamides is 1. The first-order chi connectivity index (χ1) is 10.5. The Morgan fingerprint density at radius 3 is 2.45 bits per heavy atom. The van der Waals surface area contributed by atoms with Gasteiger partial charge >= 0.3 is 0 Å². The molecule has 0 bridgehead atoms. The minimum atomic E-state index is -3.63. The van der Waals surface area contributed by atoms with Crippen molar-refractivity contribution in [1.29, 1.82) is 0 Å². The summed E-state index contributed by atoms with van der Waals surface area (Å²) in [6.45, 7) is 1.86. The third-order valence-corrected chi connectivity index (χ3v) is 5.16. The van der Waals surface area contributed by atoms with Gasteiger partial charge in [0.25, 0.3) is 10.0 Å². The van der Waals surface area contributed by atoms with Crippen molar-refractivity contribution in [3.63, 3.8) is 0 Å². The van der Waals surface area contributed by atoms with Crippen molar-refractivity contribution in [3.05, 3.63) is 70.7 Å². The number of rotatable bonds is 3. The third kappa shape index (κ3) is 3.00. The van der Waals surface area contributed by atoms with Gasteiger partial charge in [-0.3, -0.25) is 4.72 Å². The van der Waals surface area contributed by atoms with E-state index in [2.05, 4.69) is 20.7 Å². The summed E-state index contributed by atoms with van der Waals surface area (Å²) in [5, 5.41) is 1.87. The Bertz CT molecular complexity index is 926. The molecule has 0 unspecified atom stereocenters. The highest BCUT2D eigenvalue weighted by molar-refractivity contribution is 9.10. The van der Waals surface area contributed by atoms with E-state index < -0.39 is 10.0 Å². The summed E-state index contributed by atoms with van der Waals surface area (Å²) >= 11 is 3.34. The largest absolute Gasteiger partial charge is 0.279 e. The van der Waals surface area contributed by atoms with Crippen LogP contribution in [0.3, 0.4) is 0 Å². The molecular weight excluding hydrogens is 362 g/mol. The molecule has 22 heavy (non-hydrogen) atoms. The van der Waals surface area contributed by atoms with Gasteiger partial charge in [0.15, 0.2) is 0 Å². The zero-order valence-corrected chi connectivity index (χ0v) is 14.3. The lowest BCUT2D eigenvalue weighted by Crippen LogP contribution is -2.13. The standard InChI is InChI=1S/C17H14BrNO2S/c1-12-9-14(18)11-15(10-12)22(20,21)19-17-8-4-6-13-5-2-3-7-16(13)17/h2-11,19H,1H3. The molecule has 0 aliphatic heterocycles. The maximum Gasteiger partial charge on any atom is 0.261 e. The first-order valence-corrected chi connectivity index (χ1v) is 9.01. The molecule has 3 aromatic rings. The number of aryl methyl sites for hydroxylation is 1. The fraction of sp³-hybridized carbons (Fsp3) is 0.0588. The Hall–Kier alpha value is -1.85. The smallest absolute Gasteiger partial charge is 0.261 e. The van der Waals surface area contributed by atoms with Crippen LogP contribution >= 0.6 is 15.9 Å². The normalized spacial score (nSPS) is 11.5. The number of nitrogens with one attached hydrogen (secondary N) is 1. The SMILES string of the molecule is Cc1cc(Br)cc(S(=O)(=O)Nc2cccc3ccccc23)c1. The van der Waals surface area contributed by atoms with Gasteiger partial charge in [-0.05, 0) is 42.1 Å². The summed E-state index contributed by atoms with van der Waals surface area (Å²) in [5.74, 6) is 0. The number of hydrogen-bond acceptors (Lipinski definition) is 2. The van der Waals surface area contributed by atoms with Gasteiger partial charge in [0.05, 0.1) is 10.6 Å². The van der Waals surface area contributed by atoms with Gasteiger partial charge in [-0.1, -0.05) is 52.3 Å². The molecular formula is C17H14BrNO2S. The fourth-order valence-electron chi connectivity index (χ4n) is 2.38. The van der Waals surface area contributed by atoms with Crippen LogP contribution in [-0.4, -0.2) is 8.42 Å². The van der Waals surface area contributed by atoms with Crippen molar-refractivity contribution in [2.45, 2.75) is 11.8 Å². The topological polar surface area (TPSA) is 46.2 Å². The number of fused-ring (bicyclic) bond motifs is 1. The molecule has 0 aliphatic rings. The highest BCUT2D eigenvalue weighted by atomic mass is 79.9. The first kappa shape index (κ1) is 15.1. The summed E-state index contributed by atoms with van der Waals surface area (Å²) in [6, 6.07) is 18.4. The van der Waals surface area contributed by atoms with Crippen molar-refractivity contribution >= 4 is 42.4 Å². The Kier molecular flexibility index (Phi) is 3.93. The Balaban J connectivity index is 2.07. The molecule has 0 saturated heterocycles. The van der Waals surface area contributed by atoms with E-state index >= 15 is 0 Å². The summed E-state index contributed by atoms with van der Waals surface area (Å²) in [6.07, 6.45) is 0. The summed E-state index contributed by atoms with van der Waals surface area (Å²) < 4.78 is 28.7. The molecule has 0 aliphatic carbocycles. The van der Waals surface area contributed by atoms with Crippen LogP contribution in [-0.2, 0) is 10.0 Å². The monoisotopic (exact) mass is 375 g/mol. The molecule has 1 N–H and O–H groups in total. The molecule has 0 radical (unpaired) electrons. The van der Waals surface area contributed by atoms with Gasteiger partial charge in [0.2, 0.25) is 0 Å². The number of benzene rings is 3. The van der Waals surface area contributed by atoms with Crippen molar-refractivity contribution in [1.82, 2.24) is 0 Å². The molecule has 0 saturated carbocycles. The van der Waals surface area contributed by atoms with Crippen LogP contribution in [0.25, 0.3) is 10.8 Å². The van der Waals surface area contributed by atoms with E-state index in [0.29, 0.717) is 5.69 Å². The highest BCUT2D eigenvalue weighted by Gasteiger charge is 2.16. The molecule has 0 heterocycles. The van der Waals surface area contributed by atoms with Gasteiger partial charge in [-0.25, -0.2) is 8.42 Å². The fourth-order valence-corrected chi connectivity index (χ4v) is 4.34. The van der Waals surface area contributed by atoms with Crippen LogP contribution in [0.1, 0.15) is 5.56 Å². The van der Waals surface area contributed by atoms with Gasteiger partial charge in [0, 0.05) is 9.86 Å². The van der Waals surface area contributed by atoms with Gasteiger partial charge in [-0.15, -0.1) is 0 Å². The zero-order valence-electron chi connectivity index (χ0n) is 11.9. The number of anilines is 1. The molecule has 112 valence electrons. The second kappa shape index (κ2) is 5.74. The van der Waals surface area contributed by atoms with E-state index in [-0.39, 0.29) is 4.90 Å². The number of hydrogen-bond donors (Lipinski definition) is 1. The third-order valence-electron chi connectivity index (χ3n) is 3.36. The maximum absolute atomic E-state index is 12.6. The van der Waals surface area contributed by atoms with Gasteiger partial charge < -0.3 is 0 Å². The first-order valence-electron chi connectivity index (χ1n) is 6.73. The van der Waals surface area contributed by atoms with Crippen LogP contribution in [0, 0.1) is 6.92 Å². The predicted molar refractivity (Wildman–Crippen MR) is 93.6 cm³/mol. The minimum absolute atomic E-state index is 0.243. The van der Waals surface area contributed by atoms with Gasteiger partial charge in [-0.2, -0.15) is 0 Å². The number of halogens is 1. The van der Waals surface area contributed by atoms with Crippen molar-refractivity contribution in [2.24, 2.45) is 0 Å². The molecule has 0 amide bonds. The molecule has 3 aromatic carbocycles. The Labute approximate surface area is 138 Å². The van der Waals surface area contributed by atoms with E-state index in [1.165, 1.54) is 0 Å². The van der Waals surface area contributed by atoms with Crippen LogP contribution in [0.2, 0.25) is 0 Å². The average molecular weight is 376 g/mol. The van der Waals surface area contributed by atoms with Crippen LogP contribution in [0.5, 0.6) is 0 Å². The quantitative estimate of drug-likeness (QED) is 0.720.